The Balaban J connectivity index is 3.08. The Bertz CT molecular complexity index is 521. The molecule has 0 atom stereocenters. The first-order valence-electron chi connectivity index (χ1n) is 6.64. The first-order chi connectivity index (χ1) is 9.92. The molecule has 0 aliphatic carbocycles. The molecule has 0 saturated carbocycles. The molecule has 1 rings (SSSR count). The molecular weight excluding hydrogens is 296 g/mol. The van der Waals surface area contributed by atoms with Crippen molar-refractivity contribution in [1.82, 2.24) is 5.32 Å². The minimum Gasteiger partial charge on any atom is -0.490 e. The highest BCUT2D eigenvalue weighted by atomic mass is 35.5. The number of benzene rings is 1. The third kappa shape index (κ3) is 3.85. The molecule has 0 aliphatic heterocycles. The maximum Gasteiger partial charge on any atom is 0.311 e. The molecular formula is C14H19ClN2O4. The van der Waals surface area contributed by atoms with Gasteiger partial charge in [0.15, 0.2) is 5.75 Å². The van der Waals surface area contributed by atoms with E-state index in [1.54, 1.807) is 0 Å². The van der Waals surface area contributed by atoms with Crippen LogP contribution in [0.4, 0.5) is 5.69 Å². The molecule has 0 fully saturated rings. The number of amides is 1. The number of carbonyl (C=O) groups is 1. The summed E-state index contributed by atoms with van der Waals surface area (Å²) >= 11 is 5.94. The molecule has 1 aromatic rings. The number of hydrogen-bond donors (Lipinski definition) is 1. The van der Waals surface area contributed by atoms with Crippen LogP contribution in [-0.4, -0.2) is 29.4 Å². The van der Waals surface area contributed by atoms with Crippen molar-refractivity contribution in [3.8, 4) is 5.75 Å². The number of nitro benzene ring substituents is 1. The lowest BCUT2D eigenvalue weighted by molar-refractivity contribution is -0.385. The van der Waals surface area contributed by atoms with Crippen molar-refractivity contribution in [2.75, 3.05) is 13.0 Å². The largest absolute Gasteiger partial charge is 0.490 e. The van der Waals surface area contributed by atoms with Gasteiger partial charge in [0.1, 0.15) is 0 Å². The molecule has 6 nitrogen and oxygen atoms in total. The maximum absolute atomic E-state index is 12.3. The van der Waals surface area contributed by atoms with Crippen molar-refractivity contribution in [3.63, 3.8) is 0 Å². The number of alkyl halides is 1. The average Bonchev–Trinajstić information content (AvgIpc) is 2.51. The molecule has 0 aliphatic rings. The molecule has 0 heterocycles. The molecule has 1 N–H and O–H groups in total. The van der Waals surface area contributed by atoms with Crippen LogP contribution < -0.4 is 10.1 Å². The van der Waals surface area contributed by atoms with Crippen LogP contribution in [0.1, 0.15) is 37.0 Å². The zero-order valence-electron chi connectivity index (χ0n) is 12.3. The monoisotopic (exact) mass is 314 g/mol. The van der Waals surface area contributed by atoms with E-state index in [2.05, 4.69) is 5.32 Å². The first-order valence-corrected chi connectivity index (χ1v) is 7.17. The molecule has 0 spiro atoms. The fourth-order valence-corrected chi connectivity index (χ4v) is 2.38. The number of hydrogen-bond acceptors (Lipinski definition) is 4. The fourth-order valence-electron chi connectivity index (χ4n) is 1.94. The van der Waals surface area contributed by atoms with Crippen molar-refractivity contribution >= 4 is 23.2 Å². The van der Waals surface area contributed by atoms with Crippen molar-refractivity contribution in [3.05, 3.63) is 33.9 Å². The lowest BCUT2D eigenvalue weighted by Crippen LogP contribution is -2.49. The van der Waals surface area contributed by atoms with E-state index in [1.807, 2.05) is 13.8 Å². The second kappa shape index (κ2) is 7.26. The zero-order valence-corrected chi connectivity index (χ0v) is 13.1. The zero-order chi connectivity index (χ0) is 16.0. The van der Waals surface area contributed by atoms with Crippen LogP contribution in [0.25, 0.3) is 0 Å². The number of nitro groups is 1. The molecule has 7 heteroatoms. The van der Waals surface area contributed by atoms with Gasteiger partial charge in [0.25, 0.3) is 5.91 Å². The number of methoxy groups -OCH3 is 1. The Hall–Kier alpha value is -1.82. The topological polar surface area (TPSA) is 81.5 Å². The van der Waals surface area contributed by atoms with E-state index < -0.39 is 10.5 Å². The van der Waals surface area contributed by atoms with Gasteiger partial charge < -0.3 is 10.1 Å². The summed E-state index contributed by atoms with van der Waals surface area (Å²) in [5, 5.41) is 13.8. The molecule has 0 unspecified atom stereocenters. The Labute approximate surface area is 128 Å². The second-order valence-electron chi connectivity index (χ2n) is 4.72. The van der Waals surface area contributed by atoms with Gasteiger partial charge in [0, 0.05) is 17.5 Å². The number of rotatable bonds is 7. The third-order valence-electron chi connectivity index (χ3n) is 3.63. The molecule has 0 saturated heterocycles. The average molecular weight is 315 g/mol. The summed E-state index contributed by atoms with van der Waals surface area (Å²) < 4.78 is 4.91. The molecule has 116 valence electrons. The number of nitrogens with zero attached hydrogens (tertiary/aromatic N) is 1. The predicted molar refractivity (Wildman–Crippen MR) is 81.1 cm³/mol. The molecule has 0 radical (unpaired) electrons. The Kier molecular flexibility index (Phi) is 5.96. The highest BCUT2D eigenvalue weighted by Crippen LogP contribution is 2.28. The summed E-state index contributed by atoms with van der Waals surface area (Å²) in [4.78, 5) is 22.7. The second-order valence-corrected chi connectivity index (χ2v) is 4.99. The van der Waals surface area contributed by atoms with Crippen LogP contribution in [0.3, 0.4) is 0 Å². The van der Waals surface area contributed by atoms with Gasteiger partial charge >= 0.3 is 5.69 Å². The highest BCUT2D eigenvalue weighted by molar-refractivity contribution is 6.19. The molecule has 0 aromatic heterocycles. The van der Waals surface area contributed by atoms with Gasteiger partial charge in [-0.3, -0.25) is 14.9 Å². The van der Waals surface area contributed by atoms with Gasteiger partial charge in [-0.25, -0.2) is 0 Å². The van der Waals surface area contributed by atoms with Gasteiger partial charge in [0.05, 0.1) is 17.6 Å². The normalized spacial score (nSPS) is 11.0. The van der Waals surface area contributed by atoms with Crippen molar-refractivity contribution in [2.45, 2.75) is 32.2 Å². The number of ether oxygens (including phenoxy) is 1. The minimum absolute atomic E-state index is 0.117. The first kappa shape index (κ1) is 17.2. The lowest BCUT2D eigenvalue weighted by atomic mass is 9.94. The summed E-state index contributed by atoms with van der Waals surface area (Å²) in [5.41, 5.74) is -0.540. The summed E-state index contributed by atoms with van der Waals surface area (Å²) in [6.45, 7) is 3.87. The van der Waals surface area contributed by atoms with E-state index >= 15 is 0 Å². The highest BCUT2D eigenvalue weighted by Gasteiger charge is 2.28. The van der Waals surface area contributed by atoms with Crippen LogP contribution in [0.15, 0.2) is 18.2 Å². The lowest BCUT2D eigenvalue weighted by Gasteiger charge is -2.30. The SMILES string of the molecule is CCC(CC)(CCl)NC(=O)c1ccc(OC)c([N+](=O)[O-])c1. The number of nitrogens with one attached hydrogen (secondary N) is 1. The van der Waals surface area contributed by atoms with Crippen molar-refractivity contribution in [1.29, 1.82) is 0 Å². The number of halogens is 1. The summed E-state index contributed by atoms with van der Waals surface area (Å²) in [5.74, 6) is 0.0144. The van der Waals surface area contributed by atoms with Crippen LogP contribution >= 0.6 is 11.6 Å². The Morgan fingerprint density at radius 1 is 1.43 bits per heavy atom. The van der Waals surface area contributed by atoms with E-state index in [0.717, 1.165) is 0 Å². The maximum atomic E-state index is 12.3. The van der Waals surface area contributed by atoms with Gasteiger partial charge in [-0.05, 0) is 25.0 Å². The molecule has 1 amide bonds. The fraction of sp³-hybridized carbons (Fsp3) is 0.500. The third-order valence-corrected chi connectivity index (χ3v) is 4.14. The van der Waals surface area contributed by atoms with E-state index in [1.165, 1.54) is 25.3 Å². The van der Waals surface area contributed by atoms with E-state index in [9.17, 15) is 14.9 Å². The van der Waals surface area contributed by atoms with Crippen LogP contribution in [-0.2, 0) is 0 Å². The summed E-state index contributed by atoms with van der Waals surface area (Å²) in [6.07, 6.45) is 1.36. The minimum atomic E-state index is -0.579. The quantitative estimate of drug-likeness (QED) is 0.476. The van der Waals surface area contributed by atoms with Gasteiger partial charge in [-0.2, -0.15) is 0 Å². The van der Waals surface area contributed by atoms with Crippen molar-refractivity contribution in [2.24, 2.45) is 0 Å². The smallest absolute Gasteiger partial charge is 0.311 e. The standard InChI is InChI=1S/C14H19ClN2O4/c1-4-14(5-2,9-15)16-13(18)10-6-7-12(21-3)11(8-10)17(19)20/h6-8H,4-5,9H2,1-3H3,(H,16,18). The van der Waals surface area contributed by atoms with Crippen LogP contribution in [0.2, 0.25) is 0 Å². The molecule has 0 bridgehead atoms. The Morgan fingerprint density at radius 3 is 2.48 bits per heavy atom. The predicted octanol–water partition coefficient (Wildman–Crippen LogP) is 3.13. The van der Waals surface area contributed by atoms with Crippen molar-refractivity contribution < 1.29 is 14.5 Å². The van der Waals surface area contributed by atoms with E-state index in [4.69, 9.17) is 16.3 Å². The van der Waals surface area contributed by atoms with E-state index in [-0.39, 0.29) is 28.8 Å². The summed E-state index contributed by atoms with van der Waals surface area (Å²) in [7, 11) is 1.34. The van der Waals surface area contributed by atoms with Gasteiger partial charge in [-0.15, -0.1) is 11.6 Å². The summed E-state index contributed by atoms with van der Waals surface area (Å²) in [6, 6.07) is 4.11. The van der Waals surface area contributed by atoms with Crippen LogP contribution in [0, 0.1) is 10.1 Å². The molecule has 21 heavy (non-hydrogen) atoms. The number of carbonyl (C=O) groups excluding carboxylic acids is 1. The van der Waals surface area contributed by atoms with Gasteiger partial charge in [0.2, 0.25) is 0 Å². The van der Waals surface area contributed by atoms with Gasteiger partial charge in [-0.1, -0.05) is 13.8 Å². The Morgan fingerprint density at radius 2 is 2.05 bits per heavy atom. The van der Waals surface area contributed by atoms with E-state index in [0.29, 0.717) is 12.8 Å². The van der Waals surface area contributed by atoms with Crippen LogP contribution in [0.5, 0.6) is 5.75 Å². The molecule has 1 aromatic carbocycles.